The molecule has 2 amide bonds. The number of amides is 2. The van der Waals surface area contributed by atoms with Crippen LogP contribution in [0.2, 0.25) is 5.02 Å². The summed E-state index contributed by atoms with van der Waals surface area (Å²) >= 11 is 6.21. The van der Waals surface area contributed by atoms with Crippen LogP contribution < -0.4 is 10.2 Å². The van der Waals surface area contributed by atoms with Gasteiger partial charge in [-0.05, 0) is 35.2 Å². The number of carbonyl (C=O) groups is 1. The quantitative estimate of drug-likeness (QED) is 0.696. The minimum atomic E-state index is -0.0692. The Morgan fingerprint density at radius 3 is 2.10 bits per heavy atom. The van der Waals surface area contributed by atoms with E-state index in [1.807, 2.05) is 43.0 Å². The lowest BCUT2D eigenvalue weighted by Gasteiger charge is -2.35. The third kappa shape index (κ3) is 7.18. The van der Waals surface area contributed by atoms with Crippen LogP contribution >= 0.6 is 11.6 Å². The van der Waals surface area contributed by atoms with Crippen molar-refractivity contribution in [1.29, 1.82) is 0 Å². The zero-order valence-electron chi connectivity index (χ0n) is 18.9. The monoisotopic (exact) mass is 434 g/mol. The lowest BCUT2D eigenvalue weighted by atomic mass is 9.87. The molecule has 6 nitrogen and oxygen atoms in total. The second-order valence-electron chi connectivity index (χ2n) is 7.54. The Balaban J connectivity index is 0.00000106. The Bertz CT molecular complexity index is 768. The Hall–Kier alpha value is -2.31. The van der Waals surface area contributed by atoms with Gasteiger partial charge in [-0.15, -0.1) is 0 Å². The fourth-order valence-corrected chi connectivity index (χ4v) is 3.23. The van der Waals surface area contributed by atoms with E-state index in [1.165, 1.54) is 5.56 Å². The second-order valence-corrected chi connectivity index (χ2v) is 7.95. The van der Waals surface area contributed by atoms with Gasteiger partial charge in [-0.1, -0.05) is 58.4 Å². The molecule has 7 heteroatoms. The third-order valence-electron chi connectivity index (χ3n) is 4.61. The highest BCUT2D eigenvalue weighted by Crippen LogP contribution is 2.25. The molecule has 1 aliphatic rings. The molecular weight excluding hydrogens is 400 g/mol. The molecule has 1 aromatic carbocycles. The fourth-order valence-electron chi connectivity index (χ4n) is 2.99. The molecule has 0 saturated carbocycles. The van der Waals surface area contributed by atoms with Crippen LogP contribution in [0.1, 0.15) is 40.2 Å². The van der Waals surface area contributed by atoms with Crippen LogP contribution in [-0.2, 0) is 5.41 Å². The lowest BCUT2D eigenvalue weighted by Crippen LogP contribution is -2.50. The molecule has 0 aliphatic carbocycles. The minimum Gasteiger partial charge on any atom is -0.400 e. The number of nitrogens with zero attached hydrogens (tertiary/aromatic N) is 3. The zero-order valence-corrected chi connectivity index (χ0v) is 19.7. The van der Waals surface area contributed by atoms with E-state index in [0.717, 1.165) is 18.6 Å². The van der Waals surface area contributed by atoms with Crippen molar-refractivity contribution >= 4 is 29.1 Å². The molecule has 0 bridgehead atoms. The number of rotatable bonds is 2. The standard InChI is InChI=1S/C20H25ClN4O.C2H6.CH4O/c1-20(2,3)15-6-8-16(9-7-15)23-19(26)25-13-11-24(12-14-25)18-17(21)5-4-10-22-18;2*1-2/h4-10H,11-14H2,1-3H3,(H,23,26);1-2H3;2H,1H3. The molecule has 2 aromatic rings. The predicted molar refractivity (Wildman–Crippen MR) is 127 cm³/mol. The van der Waals surface area contributed by atoms with Gasteiger partial charge in [-0.2, -0.15) is 0 Å². The van der Waals surface area contributed by atoms with Crippen molar-refractivity contribution in [3.8, 4) is 0 Å². The number of piperazine rings is 1. The average Bonchev–Trinajstić information content (AvgIpc) is 2.77. The van der Waals surface area contributed by atoms with E-state index in [9.17, 15) is 4.79 Å². The summed E-state index contributed by atoms with van der Waals surface area (Å²) in [6.07, 6.45) is 1.74. The molecule has 30 heavy (non-hydrogen) atoms. The van der Waals surface area contributed by atoms with E-state index in [1.54, 1.807) is 6.20 Å². The van der Waals surface area contributed by atoms with Crippen LogP contribution in [0.25, 0.3) is 0 Å². The highest BCUT2D eigenvalue weighted by Gasteiger charge is 2.23. The average molecular weight is 435 g/mol. The molecule has 1 saturated heterocycles. The maximum atomic E-state index is 12.5. The second kappa shape index (κ2) is 12.4. The van der Waals surface area contributed by atoms with Gasteiger partial charge < -0.3 is 20.2 Å². The van der Waals surface area contributed by atoms with Crippen molar-refractivity contribution in [1.82, 2.24) is 9.88 Å². The SMILES string of the molecule is CC.CC(C)(C)c1ccc(NC(=O)N2CCN(c3ncccc3Cl)CC2)cc1.CO. The van der Waals surface area contributed by atoms with E-state index in [-0.39, 0.29) is 11.4 Å². The smallest absolute Gasteiger partial charge is 0.321 e. The Morgan fingerprint density at radius 1 is 1.03 bits per heavy atom. The first-order valence-corrected chi connectivity index (χ1v) is 10.7. The van der Waals surface area contributed by atoms with Crippen LogP contribution in [0, 0.1) is 0 Å². The number of hydrogen-bond acceptors (Lipinski definition) is 4. The molecule has 0 atom stereocenters. The number of aliphatic hydroxyl groups excluding tert-OH is 1. The number of urea groups is 1. The summed E-state index contributed by atoms with van der Waals surface area (Å²) in [7, 11) is 1.00. The van der Waals surface area contributed by atoms with Gasteiger partial charge in [0.05, 0.1) is 5.02 Å². The first-order chi connectivity index (χ1) is 14.3. The number of carbonyl (C=O) groups excluding carboxylic acids is 1. The molecule has 166 valence electrons. The van der Waals surface area contributed by atoms with Crippen molar-refractivity contribution in [3.05, 3.63) is 53.2 Å². The molecule has 1 aromatic heterocycles. The number of pyridine rings is 1. The summed E-state index contributed by atoms with van der Waals surface area (Å²) in [6, 6.07) is 11.6. The van der Waals surface area contributed by atoms with Gasteiger partial charge in [-0.25, -0.2) is 9.78 Å². The van der Waals surface area contributed by atoms with Gasteiger partial charge in [0, 0.05) is 45.2 Å². The van der Waals surface area contributed by atoms with Crippen LogP contribution in [0.4, 0.5) is 16.3 Å². The van der Waals surface area contributed by atoms with E-state index < -0.39 is 0 Å². The molecule has 1 fully saturated rings. The summed E-state index contributed by atoms with van der Waals surface area (Å²) in [5.74, 6) is 0.784. The normalized spacial score (nSPS) is 13.5. The Labute approximate surface area is 185 Å². The highest BCUT2D eigenvalue weighted by molar-refractivity contribution is 6.32. The molecule has 2 N–H and O–H groups in total. The van der Waals surface area contributed by atoms with Gasteiger partial charge in [0.1, 0.15) is 5.82 Å². The summed E-state index contributed by atoms with van der Waals surface area (Å²) in [6.45, 7) is 13.2. The number of aliphatic hydroxyl groups is 1. The van der Waals surface area contributed by atoms with Crippen molar-refractivity contribution in [2.45, 2.75) is 40.0 Å². The van der Waals surface area contributed by atoms with Gasteiger partial charge >= 0.3 is 6.03 Å². The first kappa shape index (κ1) is 25.7. The van der Waals surface area contributed by atoms with Gasteiger partial charge in [-0.3, -0.25) is 0 Å². The fraction of sp³-hybridized carbons (Fsp3) is 0.478. The number of aromatic nitrogens is 1. The number of hydrogen-bond donors (Lipinski definition) is 2. The highest BCUT2D eigenvalue weighted by atomic mass is 35.5. The minimum absolute atomic E-state index is 0.0692. The maximum absolute atomic E-state index is 12.5. The Morgan fingerprint density at radius 2 is 1.60 bits per heavy atom. The van der Waals surface area contributed by atoms with Crippen molar-refractivity contribution in [3.63, 3.8) is 0 Å². The zero-order chi connectivity index (χ0) is 22.7. The molecule has 3 rings (SSSR count). The Kier molecular flexibility index (Phi) is 10.6. The van der Waals surface area contributed by atoms with Crippen LogP contribution in [0.3, 0.4) is 0 Å². The predicted octanol–water partition coefficient (Wildman–Crippen LogP) is 5.02. The lowest BCUT2D eigenvalue weighted by molar-refractivity contribution is 0.208. The largest absolute Gasteiger partial charge is 0.400 e. The van der Waals surface area contributed by atoms with E-state index in [4.69, 9.17) is 16.7 Å². The maximum Gasteiger partial charge on any atom is 0.321 e. The van der Waals surface area contributed by atoms with Crippen LogP contribution in [-0.4, -0.2) is 54.3 Å². The van der Waals surface area contributed by atoms with Crippen molar-refractivity contribution < 1.29 is 9.90 Å². The molecular formula is C23H35ClN4O2. The van der Waals surface area contributed by atoms with E-state index in [0.29, 0.717) is 31.2 Å². The van der Waals surface area contributed by atoms with E-state index in [2.05, 4.69) is 48.1 Å². The van der Waals surface area contributed by atoms with Gasteiger partial charge in [0.15, 0.2) is 0 Å². The van der Waals surface area contributed by atoms with Gasteiger partial charge in [0.25, 0.3) is 0 Å². The van der Waals surface area contributed by atoms with Crippen molar-refractivity contribution in [2.75, 3.05) is 43.5 Å². The van der Waals surface area contributed by atoms with Gasteiger partial charge in [0.2, 0.25) is 0 Å². The summed E-state index contributed by atoms with van der Waals surface area (Å²) < 4.78 is 0. The van der Waals surface area contributed by atoms with E-state index >= 15 is 0 Å². The topological polar surface area (TPSA) is 68.7 Å². The number of anilines is 2. The molecule has 0 radical (unpaired) electrons. The van der Waals surface area contributed by atoms with Crippen LogP contribution in [0.15, 0.2) is 42.6 Å². The molecule has 2 heterocycles. The summed E-state index contributed by atoms with van der Waals surface area (Å²) in [5.41, 5.74) is 2.17. The van der Waals surface area contributed by atoms with Crippen molar-refractivity contribution in [2.24, 2.45) is 0 Å². The number of benzene rings is 1. The number of halogens is 1. The molecule has 1 aliphatic heterocycles. The number of nitrogens with one attached hydrogen (secondary N) is 1. The molecule has 0 unspecified atom stereocenters. The summed E-state index contributed by atoms with van der Waals surface area (Å²) in [5, 5.41) is 10.6. The molecule has 0 spiro atoms. The first-order valence-electron chi connectivity index (χ1n) is 10.3. The van der Waals surface area contributed by atoms with Crippen LogP contribution in [0.5, 0.6) is 0 Å². The summed E-state index contributed by atoms with van der Waals surface area (Å²) in [4.78, 5) is 20.8. The third-order valence-corrected chi connectivity index (χ3v) is 4.90.